The molecule has 0 bridgehead atoms. The number of halogens is 1. The van der Waals surface area contributed by atoms with Gasteiger partial charge in [-0.3, -0.25) is 9.40 Å². The first kappa shape index (κ1) is 15.9. The van der Waals surface area contributed by atoms with Crippen LogP contribution in [0.4, 0.5) is 5.69 Å². The van der Waals surface area contributed by atoms with E-state index in [4.69, 9.17) is 11.6 Å². The van der Waals surface area contributed by atoms with E-state index < -0.39 is 10.0 Å². The number of nitrogens with zero attached hydrogens (tertiary/aromatic N) is 2. The lowest BCUT2D eigenvalue weighted by Gasteiger charge is -2.09. The van der Waals surface area contributed by atoms with Gasteiger partial charge in [0.05, 0.1) is 24.2 Å². The second kappa shape index (κ2) is 6.95. The molecular formula is C14H18ClN3O2S. The number of rotatable bonds is 7. The lowest BCUT2D eigenvalue weighted by Crippen LogP contribution is -2.21. The zero-order valence-electron chi connectivity index (χ0n) is 11.7. The minimum absolute atomic E-state index is 0.000362. The monoisotopic (exact) mass is 327 g/mol. The number of hydrogen-bond donors (Lipinski definition) is 1. The third kappa shape index (κ3) is 5.06. The van der Waals surface area contributed by atoms with E-state index >= 15 is 0 Å². The van der Waals surface area contributed by atoms with Gasteiger partial charge in [0.1, 0.15) is 0 Å². The van der Waals surface area contributed by atoms with Crippen molar-refractivity contribution in [3.8, 4) is 0 Å². The fraction of sp³-hybridized carbons (Fsp3) is 0.357. The van der Waals surface area contributed by atoms with E-state index in [-0.39, 0.29) is 11.7 Å². The van der Waals surface area contributed by atoms with Gasteiger partial charge in [-0.2, -0.15) is 5.10 Å². The number of alkyl halides is 1. The molecule has 0 spiro atoms. The summed E-state index contributed by atoms with van der Waals surface area (Å²) in [5.74, 6) is 0.220. The molecule has 1 atom stereocenters. The second-order valence-electron chi connectivity index (χ2n) is 5.06. The average Bonchev–Trinajstić information content (AvgIpc) is 2.85. The molecule has 1 aromatic heterocycles. The second-order valence-corrected chi connectivity index (χ2v) is 7.13. The van der Waals surface area contributed by atoms with Crippen molar-refractivity contribution >= 4 is 27.3 Å². The summed E-state index contributed by atoms with van der Waals surface area (Å²) < 4.78 is 28.1. The number of nitrogens with one attached hydrogen (secondary N) is 1. The quantitative estimate of drug-likeness (QED) is 0.795. The van der Waals surface area contributed by atoms with Gasteiger partial charge < -0.3 is 0 Å². The van der Waals surface area contributed by atoms with Gasteiger partial charge in [0.2, 0.25) is 10.0 Å². The van der Waals surface area contributed by atoms with Gasteiger partial charge in [0.25, 0.3) is 0 Å². The van der Waals surface area contributed by atoms with Gasteiger partial charge in [0.15, 0.2) is 0 Å². The summed E-state index contributed by atoms with van der Waals surface area (Å²) >= 11 is 5.65. The van der Waals surface area contributed by atoms with Crippen LogP contribution in [0.5, 0.6) is 0 Å². The Balaban J connectivity index is 2.00. The highest BCUT2D eigenvalue weighted by Crippen LogP contribution is 2.12. The minimum atomic E-state index is -3.39. The first-order chi connectivity index (χ1) is 9.98. The van der Waals surface area contributed by atoms with Crippen LogP contribution in [-0.4, -0.2) is 29.8 Å². The molecule has 114 valence electrons. The molecule has 0 aliphatic rings. The highest BCUT2D eigenvalue weighted by atomic mass is 35.5. The Morgan fingerprint density at radius 1 is 1.33 bits per heavy atom. The maximum atomic E-state index is 11.9. The molecule has 0 amide bonds. The lowest BCUT2D eigenvalue weighted by molar-refractivity contribution is 0.588. The van der Waals surface area contributed by atoms with Gasteiger partial charge in [-0.15, -0.1) is 11.6 Å². The number of sulfonamides is 1. The Bertz CT molecular complexity index is 671. The predicted molar refractivity (Wildman–Crippen MR) is 85.1 cm³/mol. The van der Waals surface area contributed by atoms with Crippen molar-refractivity contribution in [3.63, 3.8) is 0 Å². The van der Waals surface area contributed by atoms with Crippen LogP contribution in [0.2, 0.25) is 0 Å². The molecule has 1 heterocycles. The maximum absolute atomic E-state index is 11.9. The zero-order valence-corrected chi connectivity index (χ0v) is 13.3. The first-order valence-corrected chi connectivity index (χ1v) is 8.80. The molecule has 0 saturated heterocycles. The lowest BCUT2D eigenvalue weighted by atomic mass is 10.2. The highest BCUT2D eigenvalue weighted by molar-refractivity contribution is 7.92. The summed E-state index contributed by atoms with van der Waals surface area (Å²) in [5.41, 5.74) is 1.57. The molecule has 0 saturated carbocycles. The fourth-order valence-electron chi connectivity index (χ4n) is 1.91. The van der Waals surface area contributed by atoms with Crippen molar-refractivity contribution in [2.24, 2.45) is 5.92 Å². The topological polar surface area (TPSA) is 64.0 Å². The Labute approximate surface area is 130 Å². The van der Waals surface area contributed by atoms with Crippen molar-refractivity contribution in [3.05, 3.63) is 48.3 Å². The summed E-state index contributed by atoms with van der Waals surface area (Å²) in [6.45, 7) is 2.39. The van der Waals surface area contributed by atoms with Crippen LogP contribution in [-0.2, 0) is 16.6 Å². The molecule has 21 heavy (non-hydrogen) atoms. The third-order valence-corrected chi connectivity index (χ3v) is 4.94. The smallest absolute Gasteiger partial charge is 0.233 e. The van der Waals surface area contributed by atoms with E-state index in [1.54, 1.807) is 17.8 Å². The van der Waals surface area contributed by atoms with Crippen LogP contribution >= 0.6 is 11.6 Å². The summed E-state index contributed by atoms with van der Waals surface area (Å²) in [7, 11) is -3.39. The Morgan fingerprint density at radius 3 is 2.71 bits per heavy atom. The molecule has 7 heteroatoms. The average molecular weight is 328 g/mol. The molecule has 2 rings (SSSR count). The molecule has 0 fully saturated rings. The molecule has 0 radical (unpaired) electrons. The molecule has 5 nitrogen and oxygen atoms in total. The number of benzene rings is 1. The molecule has 1 aromatic carbocycles. The van der Waals surface area contributed by atoms with E-state index in [1.165, 1.54) is 6.20 Å². The van der Waals surface area contributed by atoms with Gasteiger partial charge in [-0.05, 0) is 11.5 Å². The fourth-order valence-corrected chi connectivity index (χ4v) is 3.57. The van der Waals surface area contributed by atoms with E-state index in [2.05, 4.69) is 9.82 Å². The van der Waals surface area contributed by atoms with Crippen molar-refractivity contribution in [2.45, 2.75) is 13.5 Å². The SMILES string of the molecule is CC(CCl)CS(=O)(=O)Nc1cnn(Cc2ccccc2)c1. The Kier molecular flexibility index (Phi) is 5.25. The van der Waals surface area contributed by atoms with E-state index in [0.717, 1.165) is 5.56 Å². The normalized spacial score (nSPS) is 13.0. The summed E-state index contributed by atoms with van der Waals surface area (Å²) in [6, 6.07) is 9.84. The predicted octanol–water partition coefficient (Wildman–Crippen LogP) is 2.55. The third-order valence-electron chi connectivity index (χ3n) is 2.86. The molecule has 0 aliphatic heterocycles. The van der Waals surface area contributed by atoms with Crippen molar-refractivity contribution in [1.82, 2.24) is 9.78 Å². The van der Waals surface area contributed by atoms with Gasteiger partial charge in [-0.1, -0.05) is 37.3 Å². The van der Waals surface area contributed by atoms with Gasteiger partial charge >= 0.3 is 0 Å². The van der Waals surface area contributed by atoms with Crippen molar-refractivity contribution < 1.29 is 8.42 Å². The minimum Gasteiger partial charge on any atom is -0.280 e. The molecule has 2 aromatic rings. The Morgan fingerprint density at radius 2 is 2.05 bits per heavy atom. The highest BCUT2D eigenvalue weighted by Gasteiger charge is 2.15. The number of aromatic nitrogens is 2. The van der Waals surface area contributed by atoms with Crippen LogP contribution in [0.3, 0.4) is 0 Å². The van der Waals surface area contributed by atoms with E-state index in [1.807, 2.05) is 30.3 Å². The van der Waals surface area contributed by atoms with Crippen LogP contribution in [0.15, 0.2) is 42.7 Å². The first-order valence-electron chi connectivity index (χ1n) is 6.61. The maximum Gasteiger partial charge on any atom is 0.233 e. The molecular weight excluding hydrogens is 310 g/mol. The number of anilines is 1. The van der Waals surface area contributed by atoms with Crippen LogP contribution in [0.1, 0.15) is 12.5 Å². The zero-order chi connectivity index (χ0) is 15.3. The molecule has 1 unspecified atom stereocenters. The van der Waals surface area contributed by atoms with Crippen LogP contribution < -0.4 is 4.72 Å². The van der Waals surface area contributed by atoms with Crippen molar-refractivity contribution in [2.75, 3.05) is 16.4 Å². The van der Waals surface area contributed by atoms with Crippen molar-refractivity contribution in [1.29, 1.82) is 0 Å². The van der Waals surface area contributed by atoms with E-state index in [0.29, 0.717) is 18.1 Å². The van der Waals surface area contributed by atoms with Crippen LogP contribution in [0, 0.1) is 5.92 Å². The Hall–Kier alpha value is -1.53. The summed E-state index contributed by atoms with van der Waals surface area (Å²) in [6.07, 6.45) is 3.18. The largest absolute Gasteiger partial charge is 0.280 e. The van der Waals surface area contributed by atoms with Crippen LogP contribution in [0.25, 0.3) is 0 Å². The molecule has 0 aliphatic carbocycles. The summed E-state index contributed by atoms with van der Waals surface area (Å²) in [4.78, 5) is 0. The van der Waals surface area contributed by atoms with E-state index in [9.17, 15) is 8.42 Å². The standard InChI is InChI=1S/C14H18ClN3O2S/c1-12(7-15)11-21(19,20)17-14-8-16-18(10-14)9-13-5-3-2-4-6-13/h2-6,8,10,12,17H,7,9,11H2,1H3. The molecule has 1 N–H and O–H groups in total. The number of hydrogen-bond acceptors (Lipinski definition) is 3. The van der Waals surface area contributed by atoms with Gasteiger partial charge in [0, 0.05) is 12.1 Å². The summed E-state index contributed by atoms with van der Waals surface area (Å²) in [5, 5.41) is 4.16. The van der Waals surface area contributed by atoms with Gasteiger partial charge in [-0.25, -0.2) is 8.42 Å².